The molecule has 1 aromatic rings. The molecule has 0 aliphatic rings. The van der Waals surface area contributed by atoms with E-state index in [0.717, 1.165) is 6.08 Å². The van der Waals surface area contributed by atoms with Crippen LogP contribution in [-0.4, -0.2) is 14.3 Å². The molecule has 1 rings (SSSR count). The number of carbonyl (C=O) groups excluding carboxylic acids is 1. The van der Waals surface area contributed by atoms with Crippen molar-refractivity contribution in [1.29, 1.82) is 0 Å². The fourth-order valence-electron chi connectivity index (χ4n) is 1.00. The Morgan fingerprint density at radius 2 is 2.28 bits per heavy atom. The maximum atomic E-state index is 11.0. The number of amides is 1. The molecule has 94 valence electrons. The molecule has 8 nitrogen and oxygen atoms in total. The second-order valence-corrected chi connectivity index (χ2v) is 4.09. The minimum Gasteiger partial charge on any atom is -0.377 e. The SMILES string of the molecule is C=CC(=O)Nc1cccc(OS(=O)(=O)N=[N+]=[N-])c1. The van der Waals surface area contributed by atoms with Crippen molar-refractivity contribution in [1.82, 2.24) is 0 Å². The van der Waals surface area contributed by atoms with Gasteiger partial charge in [0.05, 0.1) is 4.52 Å². The van der Waals surface area contributed by atoms with Gasteiger partial charge in [0.2, 0.25) is 5.91 Å². The van der Waals surface area contributed by atoms with Crippen molar-refractivity contribution in [3.8, 4) is 5.75 Å². The van der Waals surface area contributed by atoms with Crippen LogP contribution in [0.1, 0.15) is 0 Å². The Bertz CT molecular complexity index is 619. The van der Waals surface area contributed by atoms with E-state index in [9.17, 15) is 13.2 Å². The van der Waals surface area contributed by atoms with Crippen LogP contribution in [0.4, 0.5) is 5.69 Å². The third-order valence-electron chi connectivity index (χ3n) is 1.63. The van der Waals surface area contributed by atoms with Gasteiger partial charge in [0.15, 0.2) is 0 Å². The van der Waals surface area contributed by atoms with E-state index in [0.29, 0.717) is 5.69 Å². The summed E-state index contributed by atoms with van der Waals surface area (Å²) in [5, 5.41) is 2.41. The zero-order valence-corrected chi connectivity index (χ0v) is 9.79. The summed E-state index contributed by atoms with van der Waals surface area (Å²) in [5.41, 5.74) is 8.33. The number of hydrogen-bond donors (Lipinski definition) is 1. The molecule has 0 aromatic heterocycles. The maximum absolute atomic E-state index is 11.0. The highest BCUT2D eigenvalue weighted by Crippen LogP contribution is 2.19. The van der Waals surface area contributed by atoms with E-state index in [1.54, 1.807) is 0 Å². The molecule has 0 saturated heterocycles. The summed E-state index contributed by atoms with van der Waals surface area (Å²) in [7, 11) is -4.36. The highest BCUT2D eigenvalue weighted by molar-refractivity contribution is 7.85. The molecule has 0 bridgehead atoms. The minimum atomic E-state index is -4.36. The molecule has 1 amide bonds. The van der Waals surface area contributed by atoms with Gasteiger partial charge in [-0.05, 0) is 23.7 Å². The molecule has 0 unspecified atom stereocenters. The van der Waals surface area contributed by atoms with Crippen LogP contribution in [0.5, 0.6) is 5.75 Å². The van der Waals surface area contributed by atoms with Gasteiger partial charge >= 0.3 is 10.3 Å². The summed E-state index contributed by atoms with van der Waals surface area (Å²) in [6.07, 6.45) is 1.06. The van der Waals surface area contributed by atoms with Gasteiger partial charge in [-0.1, -0.05) is 12.6 Å². The van der Waals surface area contributed by atoms with Gasteiger partial charge in [0, 0.05) is 16.7 Å². The Labute approximate surface area is 103 Å². The third-order valence-corrected chi connectivity index (χ3v) is 2.30. The summed E-state index contributed by atoms with van der Waals surface area (Å²) in [4.78, 5) is 13.1. The second kappa shape index (κ2) is 5.71. The van der Waals surface area contributed by atoms with E-state index in [-0.39, 0.29) is 5.75 Å². The molecule has 9 heteroatoms. The predicted molar refractivity (Wildman–Crippen MR) is 64.0 cm³/mol. The van der Waals surface area contributed by atoms with Crippen LogP contribution in [-0.2, 0) is 15.1 Å². The number of hydrogen-bond acceptors (Lipinski definition) is 4. The van der Waals surface area contributed by atoms with Gasteiger partial charge < -0.3 is 9.50 Å². The normalized spacial score (nSPS) is 10.0. The van der Waals surface area contributed by atoms with Crippen molar-refractivity contribution in [2.75, 3.05) is 5.32 Å². The molecule has 0 atom stereocenters. The lowest BCUT2D eigenvalue weighted by Crippen LogP contribution is -2.08. The van der Waals surface area contributed by atoms with E-state index in [1.807, 2.05) is 0 Å². The van der Waals surface area contributed by atoms with E-state index < -0.39 is 16.2 Å². The third kappa shape index (κ3) is 4.16. The smallest absolute Gasteiger partial charge is 0.377 e. The van der Waals surface area contributed by atoms with Gasteiger partial charge in [-0.3, -0.25) is 4.79 Å². The fraction of sp³-hybridized carbons (Fsp3) is 0. The molecule has 1 N–H and O–H groups in total. The Morgan fingerprint density at radius 3 is 2.89 bits per heavy atom. The number of rotatable bonds is 5. The molecule has 1 aromatic carbocycles. The van der Waals surface area contributed by atoms with Crippen LogP contribution in [0.3, 0.4) is 0 Å². The average molecular weight is 268 g/mol. The summed E-state index contributed by atoms with van der Waals surface area (Å²) in [6, 6.07) is 5.56. The predicted octanol–water partition coefficient (Wildman–Crippen LogP) is 1.74. The van der Waals surface area contributed by atoms with Crippen molar-refractivity contribution >= 4 is 21.9 Å². The van der Waals surface area contributed by atoms with Crippen LogP contribution in [0.2, 0.25) is 0 Å². The van der Waals surface area contributed by atoms with Gasteiger partial charge in [0.25, 0.3) is 0 Å². The van der Waals surface area contributed by atoms with Crippen molar-refractivity contribution in [3.63, 3.8) is 0 Å². The number of nitrogens with zero attached hydrogens (tertiary/aromatic N) is 3. The minimum absolute atomic E-state index is 0.0933. The first-order valence-corrected chi connectivity index (χ1v) is 5.87. The number of benzene rings is 1. The molecule has 18 heavy (non-hydrogen) atoms. The summed E-state index contributed by atoms with van der Waals surface area (Å²) in [6.45, 7) is 3.27. The van der Waals surface area contributed by atoms with Crippen LogP contribution in [0, 0.1) is 0 Å². The Kier molecular flexibility index (Phi) is 4.30. The van der Waals surface area contributed by atoms with Crippen molar-refractivity contribution in [3.05, 3.63) is 47.4 Å². The number of nitrogens with one attached hydrogen (secondary N) is 1. The molecule has 0 saturated carbocycles. The largest absolute Gasteiger partial charge is 0.403 e. The van der Waals surface area contributed by atoms with Crippen LogP contribution < -0.4 is 9.50 Å². The van der Waals surface area contributed by atoms with Gasteiger partial charge in [0.1, 0.15) is 5.75 Å². The Balaban J connectivity index is 2.92. The fourth-order valence-corrected chi connectivity index (χ4v) is 1.47. The molecule has 0 heterocycles. The van der Waals surface area contributed by atoms with Gasteiger partial charge in [-0.2, -0.15) is 8.42 Å². The van der Waals surface area contributed by atoms with Crippen molar-refractivity contribution in [2.45, 2.75) is 0 Å². The Morgan fingerprint density at radius 1 is 1.56 bits per heavy atom. The molecule has 0 radical (unpaired) electrons. The molecule has 0 spiro atoms. The summed E-state index contributed by atoms with van der Waals surface area (Å²) in [5.74, 6) is -0.547. The molecule has 0 aliphatic heterocycles. The van der Waals surface area contributed by atoms with Gasteiger partial charge in [-0.25, -0.2) is 0 Å². The van der Waals surface area contributed by atoms with E-state index in [4.69, 9.17) is 5.53 Å². The molecule has 0 aliphatic carbocycles. The number of anilines is 1. The quantitative estimate of drug-likeness (QED) is 0.378. The van der Waals surface area contributed by atoms with Crippen molar-refractivity contribution in [2.24, 2.45) is 4.52 Å². The van der Waals surface area contributed by atoms with Crippen LogP contribution >= 0.6 is 0 Å². The highest BCUT2D eigenvalue weighted by atomic mass is 32.2. The number of carbonyl (C=O) groups is 1. The highest BCUT2D eigenvalue weighted by Gasteiger charge is 2.10. The lowest BCUT2D eigenvalue weighted by molar-refractivity contribution is -0.111. The summed E-state index contributed by atoms with van der Waals surface area (Å²) >= 11 is 0. The van der Waals surface area contributed by atoms with Gasteiger partial charge in [-0.15, -0.1) is 0 Å². The molecular weight excluding hydrogens is 260 g/mol. The lowest BCUT2D eigenvalue weighted by atomic mass is 10.3. The molecule has 0 fully saturated rings. The van der Waals surface area contributed by atoms with E-state index in [2.05, 4.69) is 25.5 Å². The first-order valence-electron chi connectivity index (χ1n) is 4.51. The lowest BCUT2D eigenvalue weighted by Gasteiger charge is -2.05. The second-order valence-electron chi connectivity index (χ2n) is 2.90. The average Bonchev–Trinajstić information content (AvgIpc) is 2.28. The van der Waals surface area contributed by atoms with Crippen LogP contribution in [0.15, 0.2) is 41.4 Å². The van der Waals surface area contributed by atoms with Crippen molar-refractivity contribution < 1.29 is 17.4 Å². The zero-order valence-electron chi connectivity index (χ0n) is 8.98. The zero-order chi connectivity index (χ0) is 13.6. The summed E-state index contributed by atoms with van der Waals surface area (Å²) < 4.78 is 29.0. The monoisotopic (exact) mass is 268 g/mol. The first-order chi connectivity index (χ1) is 8.46. The van der Waals surface area contributed by atoms with Crippen LogP contribution in [0.25, 0.3) is 10.4 Å². The Hall–Kier alpha value is -2.51. The standard InChI is InChI=1S/C9H8N4O4S/c1-2-9(14)11-7-4-3-5-8(6-7)17-18(15,16)13-12-10/h2-6H,1H2,(H,11,14). The number of azide groups is 1. The van der Waals surface area contributed by atoms with E-state index >= 15 is 0 Å². The topological polar surface area (TPSA) is 121 Å². The first kappa shape index (κ1) is 13.6. The van der Waals surface area contributed by atoms with E-state index in [1.165, 1.54) is 24.3 Å². The maximum Gasteiger partial charge on any atom is 0.403 e. The molecular formula is C9H8N4O4S.